The molecule has 3 unspecified atom stereocenters. The number of rotatable bonds is 8. The lowest BCUT2D eigenvalue weighted by Gasteiger charge is -2.35. The molecule has 7 rings (SSSR count). The molecular formula is C44H44IN4P. The Morgan fingerprint density at radius 3 is 2.44 bits per heavy atom. The van der Waals surface area contributed by atoms with Gasteiger partial charge in [-0.2, -0.15) is 0 Å². The summed E-state index contributed by atoms with van der Waals surface area (Å²) in [5.74, 6) is 3.22. The Morgan fingerprint density at radius 1 is 0.840 bits per heavy atom. The van der Waals surface area contributed by atoms with Crippen molar-refractivity contribution in [2.24, 2.45) is 11.8 Å². The standard InChI is InChI=1S/C44H44IN4P/c1-4-15-31-26-27-39(40(45)30(31)3)49(34-20-9-6-10-21-34)35-22-14-19-33(28-35)43-46-42(32-17-7-5-8-18-32)47-44(48-43)38-24-12-11-23-36(38)37-25-13-16-29(2)41(37)50/h4-7,9-15,17,19-23,25-30,38,40H,8,16,18,24,50H2,1-3H3/b15-4-/t29-,30-,38?,40?/m0/s1. The smallest absolute Gasteiger partial charge is 0.163 e. The summed E-state index contributed by atoms with van der Waals surface area (Å²) in [6.45, 7) is 6.71. The Bertz CT molecular complexity index is 2040. The van der Waals surface area contributed by atoms with Crippen LogP contribution in [0.5, 0.6) is 0 Å². The summed E-state index contributed by atoms with van der Waals surface area (Å²) in [7, 11) is 3.03. The van der Waals surface area contributed by atoms with Gasteiger partial charge in [-0.25, -0.2) is 15.0 Å². The Kier molecular flexibility index (Phi) is 10.7. The van der Waals surface area contributed by atoms with Crippen LogP contribution in [0.1, 0.15) is 64.0 Å². The lowest BCUT2D eigenvalue weighted by molar-refractivity contribution is 0.695. The van der Waals surface area contributed by atoms with Gasteiger partial charge in [0.15, 0.2) is 11.6 Å². The second-order valence-electron chi connectivity index (χ2n) is 13.4. The van der Waals surface area contributed by atoms with Crippen LogP contribution >= 0.6 is 31.8 Å². The zero-order valence-corrected chi connectivity index (χ0v) is 32.3. The van der Waals surface area contributed by atoms with Gasteiger partial charge in [-0.3, -0.25) is 0 Å². The zero-order chi connectivity index (χ0) is 34.6. The average molecular weight is 787 g/mol. The number of aromatic nitrogens is 3. The Balaban J connectivity index is 1.35. The van der Waals surface area contributed by atoms with E-state index in [4.69, 9.17) is 15.0 Å². The van der Waals surface area contributed by atoms with E-state index >= 15 is 0 Å². The van der Waals surface area contributed by atoms with Gasteiger partial charge in [-0.15, -0.1) is 9.24 Å². The summed E-state index contributed by atoms with van der Waals surface area (Å²) in [5.41, 5.74) is 9.53. The van der Waals surface area contributed by atoms with E-state index in [0.29, 0.717) is 17.7 Å². The molecule has 4 aliphatic rings. The molecule has 0 fully saturated rings. The first-order valence-electron chi connectivity index (χ1n) is 17.7. The van der Waals surface area contributed by atoms with E-state index in [1.54, 1.807) is 0 Å². The summed E-state index contributed by atoms with van der Waals surface area (Å²) < 4.78 is 0.284. The fourth-order valence-corrected chi connectivity index (χ4v) is 8.46. The molecule has 1 heterocycles. The molecule has 0 aliphatic heterocycles. The molecule has 5 atom stereocenters. The molecule has 3 aromatic rings. The van der Waals surface area contributed by atoms with E-state index < -0.39 is 0 Å². The van der Waals surface area contributed by atoms with Gasteiger partial charge < -0.3 is 4.90 Å². The minimum Gasteiger partial charge on any atom is -0.313 e. The van der Waals surface area contributed by atoms with Crippen molar-refractivity contribution in [2.75, 3.05) is 4.90 Å². The van der Waals surface area contributed by atoms with Crippen molar-refractivity contribution in [3.8, 4) is 11.4 Å². The number of anilines is 2. The maximum atomic E-state index is 5.31. The lowest BCUT2D eigenvalue weighted by atomic mass is 9.82. The fraction of sp³-hybridized carbons (Fsp3) is 0.250. The maximum Gasteiger partial charge on any atom is 0.163 e. The third kappa shape index (κ3) is 7.13. The third-order valence-electron chi connectivity index (χ3n) is 10.0. The predicted molar refractivity (Wildman–Crippen MR) is 222 cm³/mol. The van der Waals surface area contributed by atoms with Gasteiger partial charge in [0.05, 0.1) is 3.92 Å². The Morgan fingerprint density at radius 2 is 1.64 bits per heavy atom. The van der Waals surface area contributed by atoms with Crippen LogP contribution in [0.4, 0.5) is 11.4 Å². The van der Waals surface area contributed by atoms with Crippen LogP contribution in [0.3, 0.4) is 0 Å². The first-order valence-corrected chi connectivity index (χ1v) is 19.5. The normalized spacial score (nSPS) is 23.5. The number of benzene rings is 2. The van der Waals surface area contributed by atoms with Crippen molar-refractivity contribution in [3.05, 3.63) is 167 Å². The predicted octanol–water partition coefficient (Wildman–Crippen LogP) is 11.9. The highest BCUT2D eigenvalue weighted by molar-refractivity contribution is 14.1. The molecule has 6 heteroatoms. The largest absolute Gasteiger partial charge is 0.313 e. The second kappa shape index (κ2) is 15.5. The summed E-state index contributed by atoms with van der Waals surface area (Å²) in [4.78, 5) is 18.1. The van der Waals surface area contributed by atoms with Gasteiger partial charge in [0.2, 0.25) is 0 Å². The molecule has 0 saturated heterocycles. The van der Waals surface area contributed by atoms with Crippen molar-refractivity contribution in [1.82, 2.24) is 15.0 Å². The Labute approximate surface area is 313 Å². The van der Waals surface area contributed by atoms with Crippen LogP contribution in [0.15, 0.2) is 155 Å². The van der Waals surface area contributed by atoms with Gasteiger partial charge in [0, 0.05) is 28.6 Å². The van der Waals surface area contributed by atoms with Crippen LogP contribution in [0.2, 0.25) is 0 Å². The van der Waals surface area contributed by atoms with Crippen LogP contribution in [0, 0.1) is 11.8 Å². The van der Waals surface area contributed by atoms with E-state index in [1.807, 2.05) is 0 Å². The zero-order valence-electron chi connectivity index (χ0n) is 29.0. The average Bonchev–Trinajstić information content (AvgIpc) is 3.16. The van der Waals surface area contributed by atoms with Crippen LogP contribution in [-0.4, -0.2) is 18.9 Å². The minimum atomic E-state index is 0.0385. The molecule has 2 aromatic carbocycles. The summed E-state index contributed by atoms with van der Waals surface area (Å²) >= 11 is 2.62. The highest BCUT2D eigenvalue weighted by Gasteiger charge is 2.30. The van der Waals surface area contributed by atoms with Gasteiger partial charge in [0.25, 0.3) is 0 Å². The van der Waals surface area contributed by atoms with Crippen LogP contribution < -0.4 is 4.90 Å². The lowest BCUT2D eigenvalue weighted by Crippen LogP contribution is -2.29. The second-order valence-corrected chi connectivity index (χ2v) is 15.4. The molecule has 0 N–H and O–H groups in total. The molecule has 252 valence electrons. The van der Waals surface area contributed by atoms with E-state index in [9.17, 15) is 0 Å². The van der Waals surface area contributed by atoms with E-state index in [2.05, 4.69) is 185 Å². The molecule has 0 spiro atoms. The number of halogens is 1. The molecule has 0 amide bonds. The number of allylic oxidation sites excluding steroid dienone is 18. The summed E-state index contributed by atoms with van der Waals surface area (Å²) in [5, 5.41) is 1.36. The number of alkyl halides is 1. The fourth-order valence-electron chi connectivity index (χ4n) is 7.16. The van der Waals surface area contributed by atoms with Gasteiger partial charge in [-0.05, 0) is 102 Å². The number of para-hydroxylation sites is 1. The first kappa shape index (κ1) is 34.5. The van der Waals surface area contributed by atoms with Crippen molar-refractivity contribution in [2.45, 2.75) is 56.3 Å². The molecule has 0 bridgehead atoms. The van der Waals surface area contributed by atoms with Crippen LogP contribution in [-0.2, 0) is 0 Å². The van der Waals surface area contributed by atoms with Crippen molar-refractivity contribution >= 4 is 48.8 Å². The molecule has 0 saturated carbocycles. The van der Waals surface area contributed by atoms with Crippen molar-refractivity contribution in [3.63, 3.8) is 0 Å². The highest BCUT2D eigenvalue weighted by Crippen LogP contribution is 2.43. The number of hydrogen-bond acceptors (Lipinski definition) is 4. The Hall–Kier alpha value is -3.93. The first-order chi connectivity index (χ1) is 24.4. The third-order valence-corrected chi connectivity index (χ3v) is 12.6. The van der Waals surface area contributed by atoms with Gasteiger partial charge in [-0.1, -0.05) is 134 Å². The van der Waals surface area contributed by atoms with E-state index in [1.165, 1.54) is 27.7 Å². The highest BCUT2D eigenvalue weighted by atomic mass is 127. The molecule has 0 radical (unpaired) electrons. The molecule has 50 heavy (non-hydrogen) atoms. The molecule has 4 nitrogen and oxygen atoms in total. The van der Waals surface area contributed by atoms with Crippen LogP contribution in [0.25, 0.3) is 17.0 Å². The van der Waals surface area contributed by atoms with Gasteiger partial charge in [0.1, 0.15) is 5.82 Å². The van der Waals surface area contributed by atoms with Crippen molar-refractivity contribution < 1.29 is 0 Å². The molecule has 4 aliphatic carbocycles. The van der Waals surface area contributed by atoms with Gasteiger partial charge >= 0.3 is 0 Å². The number of hydrogen-bond donors (Lipinski definition) is 0. The molecular weight excluding hydrogens is 742 g/mol. The monoisotopic (exact) mass is 786 g/mol. The number of nitrogens with zero attached hydrogens (tertiary/aromatic N) is 4. The molecule has 1 aromatic heterocycles. The maximum absolute atomic E-state index is 5.31. The SMILES string of the molecule is C/C=C\C1=CC=C(N(c2ccccc2)c2cccc(-c3nc(C4=CC=CCC4)nc(C4CC=CC=C4C4=C(P)[C@@H](C)CC=C4)n3)c2)C(I)[C@H]1C. The minimum absolute atomic E-state index is 0.0385. The topological polar surface area (TPSA) is 41.9 Å². The van der Waals surface area contributed by atoms with E-state index in [0.717, 1.165) is 59.8 Å². The van der Waals surface area contributed by atoms with E-state index in [-0.39, 0.29) is 9.84 Å². The summed E-state index contributed by atoms with van der Waals surface area (Å²) in [6, 6.07) is 19.4. The summed E-state index contributed by atoms with van der Waals surface area (Å²) in [6.07, 6.45) is 30.5. The van der Waals surface area contributed by atoms with Crippen molar-refractivity contribution in [1.29, 1.82) is 0 Å². The quantitative estimate of drug-likeness (QED) is 0.130.